The van der Waals surface area contributed by atoms with Crippen LogP contribution < -0.4 is 15.8 Å². The van der Waals surface area contributed by atoms with Crippen LogP contribution >= 0.6 is 0 Å². The molecule has 2 saturated heterocycles. The fourth-order valence-corrected chi connectivity index (χ4v) is 6.90. The summed E-state index contributed by atoms with van der Waals surface area (Å²) in [5, 5.41) is 3.06. The SMILES string of the molecule is CCN(c1cc(-c2ccc(C(=C3CC3)N3CCOCC3)cc2)cc(C(=O)NCc2c(C)cc(C)[nH]c2=O)c1C)C1CCOCC1. The molecule has 1 saturated carbocycles. The highest BCUT2D eigenvalue weighted by Crippen LogP contribution is 2.40. The third kappa shape index (κ3) is 6.87. The first-order valence-electron chi connectivity index (χ1n) is 16.5. The maximum Gasteiger partial charge on any atom is 0.253 e. The van der Waals surface area contributed by atoms with Gasteiger partial charge in [-0.15, -0.1) is 0 Å². The molecule has 3 aliphatic rings. The summed E-state index contributed by atoms with van der Waals surface area (Å²) in [5.41, 5.74) is 11.0. The average Bonchev–Trinajstić information content (AvgIpc) is 3.88. The number of nitrogens with zero attached hydrogens (tertiary/aromatic N) is 2. The number of benzene rings is 2. The molecule has 6 rings (SSSR count). The minimum atomic E-state index is -0.178. The molecule has 0 spiro atoms. The number of aromatic amines is 1. The number of carbonyl (C=O) groups excluding carboxylic acids is 1. The van der Waals surface area contributed by atoms with Crippen molar-refractivity contribution in [2.24, 2.45) is 0 Å². The van der Waals surface area contributed by atoms with Crippen molar-refractivity contribution in [3.05, 3.63) is 91.9 Å². The van der Waals surface area contributed by atoms with Gasteiger partial charge in [0.2, 0.25) is 0 Å². The number of allylic oxidation sites excluding steroid dienone is 1. The molecule has 2 N–H and O–H groups in total. The van der Waals surface area contributed by atoms with Gasteiger partial charge in [0.15, 0.2) is 0 Å². The predicted octanol–water partition coefficient (Wildman–Crippen LogP) is 5.74. The lowest BCUT2D eigenvalue weighted by atomic mass is 9.94. The molecule has 238 valence electrons. The molecule has 3 heterocycles. The Kier molecular flexibility index (Phi) is 9.42. The summed E-state index contributed by atoms with van der Waals surface area (Å²) in [7, 11) is 0. The topological polar surface area (TPSA) is 86.9 Å². The van der Waals surface area contributed by atoms with E-state index in [0.717, 1.165) is 92.5 Å². The Balaban J connectivity index is 1.35. The number of ether oxygens (including phenoxy) is 2. The summed E-state index contributed by atoms with van der Waals surface area (Å²) in [6.07, 6.45) is 4.26. The average molecular weight is 611 g/mol. The van der Waals surface area contributed by atoms with Crippen molar-refractivity contribution in [1.29, 1.82) is 0 Å². The van der Waals surface area contributed by atoms with E-state index in [9.17, 15) is 9.59 Å². The van der Waals surface area contributed by atoms with Gasteiger partial charge in [0, 0.05) is 73.6 Å². The summed E-state index contributed by atoms with van der Waals surface area (Å²) >= 11 is 0. The molecular weight excluding hydrogens is 564 g/mol. The second-order valence-corrected chi connectivity index (χ2v) is 12.6. The Morgan fingerprint density at radius 1 is 0.956 bits per heavy atom. The van der Waals surface area contributed by atoms with Crippen molar-refractivity contribution in [3.8, 4) is 11.1 Å². The quantitative estimate of drug-likeness (QED) is 0.322. The highest BCUT2D eigenvalue weighted by atomic mass is 16.5. The molecular formula is C37H46N4O4. The van der Waals surface area contributed by atoms with Gasteiger partial charge in [-0.1, -0.05) is 24.3 Å². The molecule has 1 amide bonds. The number of aryl methyl sites for hydroxylation is 2. The van der Waals surface area contributed by atoms with Crippen LogP contribution in [-0.4, -0.2) is 67.9 Å². The smallest absolute Gasteiger partial charge is 0.253 e. The molecule has 0 radical (unpaired) electrons. The van der Waals surface area contributed by atoms with E-state index < -0.39 is 0 Å². The fourth-order valence-electron chi connectivity index (χ4n) is 6.90. The van der Waals surface area contributed by atoms with Gasteiger partial charge in [0.05, 0.1) is 13.2 Å². The molecule has 0 unspecified atom stereocenters. The van der Waals surface area contributed by atoms with Crippen LogP contribution in [0.15, 0.2) is 52.8 Å². The number of hydrogen-bond acceptors (Lipinski definition) is 6. The van der Waals surface area contributed by atoms with Crippen molar-refractivity contribution < 1.29 is 14.3 Å². The van der Waals surface area contributed by atoms with Crippen molar-refractivity contribution in [2.45, 2.75) is 66.0 Å². The molecule has 2 aliphatic heterocycles. The van der Waals surface area contributed by atoms with Crippen LogP contribution in [0.3, 0.4) is 0 Å². The molecule has 3 fully saturated rings. The minimum absolute atomic E-state index is 0.159. The lowest BCUT2D eigenvalue weighted by Gasteiger charge is -2.37. The summed E-state index contributed by atoms with van der Waals surface area (Å²) in [5.74, 6) is -0.178. The summed E-state index contributed by atoms with van der Waals surface area (Å²) in [4.78, 5) is 34.3. The zero-order valence-corrected chi connectivity index (χ0v) is 27.1. The summed E-state index contributed by atoms with van der Waals surface area (Å²) in [6, 6.07) is 15.4. The number of hydrogen-bond donors (Lipinski definition) is 2. The van der Waals surface area contributed by atoms with Gasteiger partial charge < -0.3 is 29.6 Å². The normalized spacial score (nSPS) is 16.9. The maximum atomic E-state index is 13.9. The number of H-pyrrole nitrogens is 1. The Morgan fingerprint density at radius 3 is 2.29 bits per heavy atom. The number of pyridine rings is 1. The molecule has 0 atom stereocenters. The van der Waals surface area contributed by atoms with Gasteiger partial charge in [-0.05, 0) is 105 Å². The number of anilines is 1. The van der Waals surface area contributed by atoms with Crippen LogP contribution in [-0.2, 0) is 16.0 Å². The number of rotatable bonds is 9. The molecule has 1 aliphatic carbocycles. The lowest BCUT2D eigenvalue weighted by molar-refractivity contribution is 0.0638. The molecule has 2 aromatic carbocycles. The standard InChI is InChI=1S/C37H46N4O4/c1-5-41(31-12-16-44-17-13-31)34-22-30(21-32(26(34)4)36(42)38-23-33-24(2)20-25(3)39-37(33)43)27-6-8-28(9-7-27)35(29-10-11-29)40-14-18-45-19-15-40/h6-9,20-22,31H,5,10-19,23H2,1-4H3,(H,38,42)(H,39,43). The van der Waals surface area contributed by atoms with Gasteiger partial charge in [-0.3, -0.25) is 9.59 Å². The van der Waals surface area contributed by atoms with Gasteiger partial charge in [0.1, 0.15) is 0 Å². The number of morpholine rings is 1. The van der Waals surface area contributed by atoms with E-state index in [1.165, 1.54) is 29.7 Å². The summed E-state index contributed by atoms with van der Waals surface area (Å²) < 4.78 is 11.3. The first-order valence-corrected chi connectivity index (χ1v) is 16.5. The maximum absolute atomic E-state index is 13.9. The number of carbonyl (C=O) groups is 1. The Bertz CT molecular complexity index is 1620. The Labute approximate surface area is 266 Å². The van der Waals surface area contributed by atoms with Crippen LogP contribution in [0.4, 0.5) is 5.69 Å². The van der Waals surface area contributed by atoms with Gasteiger partial charge in [0.25, 0.3) is 11.5 Å². The number of nitrogens with one attached hydrogen (secondary N) is 2. The van der Waals surface area contributed by atoms with Crippen LogP contribution in [0, 0.1) is 20.8 Å². The Morgan fingerprint density at radius 2 is 1.64 bits per heavy atom. The first kappa shape index (κ1) is 31.1. The Hall–Kier alpha value is -3.88. The summed E-state index contributed by atoms with van der Waals surface area (Å²) in [6.45, 7) is 13.9. The molecule has 1 aromatic heterocycles. The minimum Gasteiger partial charge on any atom is -0.381 e. The zero-order chi connectivity index (χ0) is 31.5. The third-order valence-corrected chi connectivity index (χ3v) is 9.48. The number of aromatic nitrogens is 1. The van der Waals surface area contributed by atoms with E-state index in [1.54, 1.807) is 0 Å². The van der Waals surface area contributed by atoms with E-state index >= 15 is 0 Å². The van der Waals surface area contributed by atoms with E-state index in [1.807, 2.05) is 32.9 Å². The third-order valence-electron chi connectivity index (χ3n) is 9.48. The predicted molar refractivity (Wildman–Crippen MR) is 180 cm³/mol. The second-order valence-electron chi connectivity index (χ2n) is 12.6. The fraction of sp³-hybridized carbons (Fsp3) is 0.459. The van der Waals surface area contributed by atoms with E-state index in [2.05, 4.69) is 57.4 Å². The molecule has 8 nitrogen and oxygen atoms in total. The van der Waals surface area contributed by atoms with Gasteiger partial charge in [-0.25, -0.2) is 0 Å². The van der Waals surface area contributed by atoms with Crippen LogP contribution in [0.5, 0.6) is 0 Å². The van der Waals surface area contributed by atoms with E-state index in [0.29, 0.717) is 17.2 Å². The lowest BCUT2D eigenvalue weighted by Crippen LogP contribution is -2.40. The van der Waals surface area contributed by atoms with E-state index in [4.69, 9.17) is 9.47 Å². The highest BCUT2D eigenvalue weighted by molar-refractivity contribution is 5.99. The molecule has 45 heavy (non-hydrogen) atoms. The molecule has 0 bridgehead atoms. The van der Waals surface area contributed by atoms with Crippen LogP contribution in [0.1, 0.15) is 70.9 Å². The van der Waals surface area contributed by atoms with Crippen molar-refractivity contribution in [1.82, 2.24) is 15.2 Å². The first-order chi connectivity index (χ1) is 21.8. The van der Waals surface area contributed by atoms with Crippen molar-refractivity contribution in [3.63, 3.8) is 0 Å². The zero-order valence-electron chi connectivity index (χ0n) is 27.1. The van der Waals surface area contributed by atoms with Crippen molar-refractivity contribution in [2.75, 3.05) is 51.0 Å². The van der Waals surface area contributed by atoms with Crippen LogP contribution in [0.2, 0.25) is 0 Å². The second kappa shape index (κ2) is 13.6. The van der Waals surface area contributed by atoms with Gasteiger partial charge >= 0.3 is 0 Å². The van der Waals surface area contributed by atoms with Crippen molar-refractivity contribution >= 4 is 17.3 Å². The monoisotopic (exact) mass is 610 g/mol. The molecule has 8 heteroatoms. The molecule has 3 aromatic rings. The van der Waals surface area contributed by atoms with Gasteiger partial charge in [-0.2, -0.15) is 0 Å². The number of amides is 1. The highest BCUT2D eigenvalue weighted by Gasteiger charge is 2.27. The largest absolute Gasteiger partial charge is 0.381 e. The van der Waals surface area contributed by atoms with E-state index in [-0.39, 0.29) is 18.0 Å². The van der Waals surface area contributed by atoms with Crippen LogP contribution in [0.25, 0.3) is 16.8 Å².